The second-order valence-corrected chi connectivity index (χ2v) is 11.4. The van der Waals surface area contributed by atoms with Crippen molar-refractivity contribution >= 4 is 73.7 Å². The summed E-state index contributed by atoms with van der Waals surface area (Å²) in [5.74, 6) is 0. The maximum absolute atomic E-state index is 2.30. The third-order valence-electron chi connectivity index (χ3n) is 8.60. The van der Waals surface area contributed by atoms with E-state index in [0.29, 0.717) is 0 Å². The Morgan fingerprint density at radius 2 is 0.778 bits per heavy atom. The quantitative estimate of drug-likeness (QED) is 0.135. The highest BCUT2D eigenvalue weighted by molar-refractivity contribution is 6.24. The molecule has 8 rings (SSSR count). The Labute approximate surface area is 264 Å². The number of anilines is 3. The zero-order valence-corrected chi connectivity index (χ0v) is 24.8. The van der Waals surface area contributed by atoms with E-state index in [9.17, 15) is 0 Å². The topological polar surface area (TPSA) is 3.24 Å². The molecule has 8 aromatic rings. The van der Waals surface area contributed by atoms with Crippen molar-refractivity contribution in [3.63, 3.8) is 0 Å². The number of benzene rings is 8. The van der Waals surface area contributed by atoms with Crippen molar-refractivity contribution in [2.75, 3.05) is 4.90 Å². The number of nitrogens with zero attached hydrogens (tertiary/aromatic N) is 1. The molecule has 8 aromatic carbocycles. The first-order valence-corrected chi connectivity index (χ1v) is 15.4. The second kappa shape index (κ2) is 11.6. The van der Waals surface area contributed by atoms with Gasteiger partial charge in [0.2, 0.25) is 0 Å². The summed E-state index contributed by atoms with van der Waals surface area (Å²) in [6.45, 7) is 0. The van der Waals surface area contributed by atoms with Crippen molar-refractivity contribution in [3.8, 4) is 0 Å². The van der Waals surface area contributed by atoms with Crippen LogP contribution in [-0.2, 0) is 0 Å². The van der Waals surface area contributed by atoms with Gasteiger partial charge < -0.3 is 4.90 Å². The third kappa shape index (κ3) is 5.26. The molecule has 45 heavy (non-hydrogen) atoms. The molecule has 0 aromatic heterocycles. The molecule has 0 aliphatic rings. The average molecular weight is 574 g/mol. The molecule has 0 radical (unpaired) electrons. The number of rotatable bonds is 7. The average Bonchev–Trinajstić information content (AvgIpc) is 3.11. The van der Waals surface area contributed by atoms with Crippen LogP contribution in [0.4, 0.5) is 17.1 Å². The van der Waals surface area contributed by atoms with E-state index >= 15 is 0 Å². The first kappa shape index (κ1) is 26.7. The molecule has 0 saturated heterocycles. The van der Waals surface area contributed by atoms with Crippen LogP contribution in [-0.4, -0.2) is 0 Å². The minimum absolute atomic E-state index is 1.12. The molecule has 0 fully saturated rings. The lowest BCUT2D eigenvalue weighted by molar-refractivity contribution is 1.28. The molecule has 0 atom stereocenters. The number of para-hydroxylation sites is 1. The van der Waals surface area contributed by atoms with Crippen LogP contribution in [0, 0.1) is 0 Å². The lowest BCUT2D eigenvalue weighted by Gasteiger charge is -2.25. The Balaban J connectivity index is 1.09. The summed E-state index contributed by atoms with van der Waals surface area (Å²) < 4.78 is 0. The normalized spacial score (nSPS) is 11.8. The van der Waals surface area contributed by atoms with Crippen LogP contribution in [0.1, 0.15) is 22.3 Å². The summed E-state index contributed by atoms with van der Waals surface area (Å²) >= 11 is 0. The largest absolute Gasteiger partial charge is 0.311 e. The van der Waals surface area contributed by atoms with Gasteiger partial charge in [-0.25, -0.2) is 0 Å². The van der Waals surface area contributed by atoms with Crippen molar-refractivity contribution < 1.29 is 0 Å². The van der Waals surface area contributed by atoms with Gasteiger partial charge in [-0.15, -0.1) is 0 Å². The van der Waals surface area contributed by atoms with Crippen molar-refractivity contribution in [2.24, 2.45) is 0 Å². The fourth-order valence-electron chi connectivity index (χ4n) is 6.34. The molecule has 0 amide bonds. The van der Waals surface area contributed by atoms with E-state index in [1.54, 1.807) is 0 Å². The zero-order valence-electron chi connectivity index (χ0n) is 24.8. The highest BCUT2D eigenvalue weighted by Gasteiger charge is 2.12. The van der Waals surface area contributed by atoms with Crippen molar-refractivity contribution in [3.05, 3.63) is 186 Å². The summed E-state index contributed by atoms with van der Waals surface area (Å²) in [7, 11) is 0. The first-order chi connectivity index (χ1) is 22.3. The Kier molecular flexibility index (Phi) is 6.90. The van der Waals surface area contributed by atoms with Crippen LogP contribution >= 0.6 is 0 Å². The summed E-state index contributed by atoms with van der Waals surface area (Å²) in [6.07, 6.45) is 8.78. The molecule has 0 aliphatic carbocycles. The molecule has 1 nitrogen and oxygen atoms in total. The summed E-state index contributed by atoms with van der Waals surface area (Å²) in [5, 5.41) is 7.88. The van der Waals surface area contributed by atoms with Gasteiger partial charge >= 0.3 is 0 Å². The van der Waals surface area contributed by atoms with Crippen molar-refractivity contribution in [1.82, 2.24) is 0 Å². The predicted molar refractivity (Wildman–Crippen MR) is 196 cm³/mol. The molecule has 0 unspecified atom stereocenters. The molecule has 0 aliphatic heterocycles. The van der Waals surface area contributed by atoms with Gasteiger partial charge in [0, 0.05) is 17.1 Å². The van der Waals surface area contributed by atoms with E-state index in [1.165, 1.54) is 54.6 Å². The SMILES string of the molecule is C(=Cc1ccc(N(c2ccccc2)c2ccc(C=Cc3ccc4ccc5cccc6ccc3c4c56)cc2)cc1)c1ccccc1. The maximum Gasteiger partial charge on any atom is 0.0462 e. The molecule has 0 bridgehead atoms. The van der Waals surface area contributed by atoms with Crippen molar-refractivity contribution in [1.29, 1.82) is 0 Å². The molecule has 0 spiro atoms. The molecule has 0 heterocycles. The Bertz CT molecular complexity index is 2260. The van der Waals surface area contributed by atoms with E-state index in [-0.39, 0.29) is 0 Å². The lowest BCUT2D eigenvalue weighted by Crippen LogP contribution is -2.09. The van der Waals surface area contributed by atoms with E-state index in [4.69, 9.17) is 0 Å². The Morgan fingerprint density at radius 1 is 0.311 bits per heavy atom. The van der Waals surface area contributed by atoms with Crippen LogP contribution in [0.15, 0.2) is 164 Å². The number of hydrogen-bond donors (Lipinski definition) is 0. The molecule has 0 saturated carbocycles. The van der Waals surface area contributed by atoms with E-state index in [0.717, 1.165) is 17.1 Å². The minimum Gasteiger partial charge on any atom is -0.311 e. The van der Waals surface area contributed by atoms with E-state index in [1.807, 2.05) is 6.07 Å². The first-order valence-electron chi connectivity index (χ1n) is 15.4. The van der Waals surface area contributed by atoms with Crippen molar-refractivity contribution in [2.45, 2.75) is 0 Å². The summed E-state index contributed by atoms with van der Waals surface area (Å²) in [6, 6.07) is 58.6. The Hall–Kier alpha value is -5.92. The molecule has 1 heteroatoms. The smallest absolute Gasteiger partial charge is 0.0462 e. The van der Waals surface area contributed by atoms with Gasteiger partial charge in [0.1, 0.15) is 0 Å². The molecule has 0 N–H and O–H groups in total. The molecular formula is C44H31N. The minimum atomic E-state index is 1.12. The Morgan fingerprint density at radius 3 is 1.40 bits per heavy atom. The van der Waals surface area contributed by atoms with Gasteiger partial charge in [-0.05, 0) is 91.0 Å². The van der Waals surface area contributed by atoms with Gasteiger partial charge in [-0.2, -0.15) is 0 Å². The third-order valence-corrected chi connectivity index (χ3v) is 8.60. The van der Waals surface area contributed by atoms with Gasteiger partial charge in [0.05, 0.1) is 0 Å². The fourth-order valence-corrected chi connectivity index (χ4v) is 6.34. The van der Waals surface area contributed by atoms with Crippen LogP contribution in [0.2, 0.25) is 0 Å². The summed E-state index contributed by atoms with van der Waals surface area (Å²) in [5.41, 5.74) is 8.13. The van der Waals surface area contributed by atoms with Crippen LogP contribution < -0.4 is 4.90 Å². The summed E-state index contributed by atoms with van der Waals surface area (Å²) in [4.78, 5) is 2.30. The fraction of sp³-hybridized carbons (Fsp3) is 0. The van der Waals surface area contributed by atoms with Gasteiger partial charge in [0.15, 0.2) is 0 Å². The van der Waals surface area contributed by atoms with Gasteiger partial charge in [-0.3, -0.25) is 0 Å². The predicted octanol–water partition coefficient (Wildman–Crippen LogP) is 12.4. The van der Waals surface area contributed by atoms with Crippen LogP contribution in [0.3, 0.4) is 0 Å². The highest BCUT2D eigenvalue weighted by atomic mass is 15.1. The van der Waals surface area contributed by atoms with E-state index < -0.39 is 0 Å². The van der Waals surface area contributed by atoms with Crippen LogP contribution in [0.5, 0.6) is 0 Å². The highest BCUT2D eigenvalue weighted by Crippen LogP contribution is 2.37. The second-order valence-electron chi connectivity index (χ2n) is 11.4. The van der Waals surface area contributed by atoms with Gasteiger partial charge in [-0.1, -0.05) is 152 Å². The van der Waals surface area contributed by atoms with Crippen LogP contribution in [0.25, 0.3) is 56.6 Å². The zero-order chi connectivity index (χ0) is 30.0. The maximum atomic E-state index is 2.30. The monoisotopic (exact) mass is 573 g/mol. The van der Waals surface area contributed by atoms with Gasteiger partial charge in [0.25, 0.3) is 0 Å². The molecular weight excluding hydrogens is 542 g/mol. The standard InChI is InChI=1S/C44H31N/c1-3-8-32(9-4-1)14-15-33-17-27-40(28-18-33)45(39-12-5-2-6-13-39)41-29-19-34(20-30-41)16-21-35-22-23-38-25-24-36-10-7-11-37-26-31-42(35)44(38)43(36)37/h1-31H. The molecule has 212 valence electrons. The van der Waals surface area contributed by atoms with E-state index in [2.05, 4.69) is 187 Å². The number of hydrogen-bond acceptors (Lipinski definition) is 1. The lowest BCUT2D eigenvalue weighted by atomic mass is 9.92.